The molecule has 0 bridgehead atoms. The lowest BCUT2D eigenvalue weighted by Gasteiger charge is -2.10. The van der Waals surface area contributed by atoms with Crippen LogP contribution in [0.4, 0.5) is 30.2 Å². The standard InChI is InChI=1S/C15H13F3N2O3S/c1-10(21)19-11-2-4-12(5-3-11)20-13-6-8-14(9-7-13)24(22,23)15(16,17)18/h2-9,20H,1H3,(H,19,21). The summed E-state index contributed by atoms with van der Waals surface area (Å²) in [5.74, 6) is -0.211. The Hall–Kier alpha value is -2.55. The number of sulfone groups is 1. The zero-order valence-electron chi connectivity index (χ0n) is 12.4. The van der Waals surface area contributed by atoms with E-state index < -0.39 is 20.2 Å². The molecule has 0 radical (unpaired) electrons. The largest absolute Gasteiger partial charge is 0.501 e. The number of nitrogens with one attached hydrogen (secondary N) is 2. The van der Waals surface area contributed by atoms with Crippen LogP contribution >= 0.6 is 0 Å². The molecule has 24 heavy (non-hydrogen) atoms. The predicted octanol–water partition coefficient (Wildman–Crippen LogP) is 3.68. The second kappa shape index (κ2) is 6.52. The quantitative estimate of drug-likeness (QED) is 0.874. The Morgan fingerprint density at radius 3 is 1.71 bits per heavy atom. The fourth-order valence-electron chi connectivity index (χ4n) is 1.86. The van der Waals surface area contributed by atoms with Crippen molar-refractivity contribution in [3.8, 4) is 0 Å². The SMILES string of the molecule is CC(=O)Nc1ccc(Nc2ccc(S(=O)(=O)C(F)(F)F)cc2)cc1. The second-order valence-corrected chi connectivity index (χ2v) is 6.80. The first-order valence-electron chi connectivity index (χ1n) is 6.66. The first kappa shape index (κ1) is 17.8. The molecule has 0 aliphatic carbocycles. The molecule has 5 nitrogen and oxygen atoms in total. The monoisotopic (exact) mass is 358 g/mol. The number of carbonyl (C=O) groups excluding carboxylic acids is 1. The minimum Gasteiger partial charge on any atom is -0.356 e. The van der Waals surface area contributed by atoms with Crippen molar-refractivity contribution in [1.82, 2.24) is 0 Å². The van der Waals surface area contributed by atoms with Crippen LogP contribution in [-0.2, 0) is 14.6 Å². The van der Waals surface area contributed by atoms with Crippen LogP contribution in [0.15, 0.2) is 53.4 Å². The van der Waals surface area contributed by atoms with Gasteiger partial charge in [-0.15, -0.1) is 0 Å². The highest BCUT2D eigenvalue weighted by atomic mass is 32.2. The zero-order chi connectivity index (χ0) is 18.0. The molecule has 0 saturated heterocycles. The van der Waals surface area contributed by atoms with Crippen molar-refractivity contribution >= 4 is 32.8 Å². The number of anilines is 3. The van der Waals surface area contributed by atoms with Gasteiger partial charge in [-0.05, 0) is 48.5 Å². The number of halogens is 3. The molecular weight excluding hydrogens is 345 g/mol. The fraction of sp³-hybridized carbons (Fsp3) is 0.133. The van der Waals surface area contributed by atoms with Gasteiger partial charge in [0.15, 0.2) is 0 Å². The van der Waals surface area contributed by atoms with E-state index in [4.69, 9.17) is 0 Å². The van der Waals surface area contributed by atoms with Gasteiger partial charge in [-0.2, -0.15) is 13.2 Å². The molecule has 0 aromatic heterocycles. The van der Waals surface area contributed by atoms with E-state index in [2.05, 4.69) is 10.6 Å². The van der Waals surface area contributed by atoms with E-state index in [9.17, 15) is 26.4 Å². The highest BCUT2D eigenvalue weighted by Crippen LogP contribution is 2.31. The number of rotatable bonds is 4. The Morgan fingerprint density at radius 1 is 0.875 bits per heavy atom. The molecule has 128 valence electrons. The van der Waals surface area contributed by atoms with Crippen LogP contribution in [0, 0.1) is 0 Å². The lowest BCUT2D eigenvalue weighted by atomic mass is 10.2. The molecule has 0 spiro atoms. The molecule has 2 N–H and O–H groups in total. The Bertz CT molecular complexity index is 830. The van der Waals surface area contributed by atoms with Gasteiger partial charge in [0.2, 0.25) is 5.91 Å². The number of carbonyl (C=O) groups is 1. The van der Waals surface area contributed by atoms with E-state index >= 15 is 0 Å². The minimum atomic E-state index is -5.35. The molecule has 2 rings (SSSR count). The summed E-state index contributed by atoms with van der Waals surface area (Å²) in [5.41, 5.74) is -3.69. The summed E-state index contributed by atoms with van der Waals surface area (Å²) in [6, 6.07) is 10.9. The van der Waals surface area contributed by atoms with Gasteiger partial charge in [0.1, 0.15) is 0 Å². The molecule has 2 aromatic carbocycles. The molecular formula is C15H13F3N2O3S. The van der Waals surface area contributed by atoms with E-state index in [0.717, 1.165) is 12.1 Å². The molecule has 1 amide bonds. The maximum atomic E-state index is 12.5. The van der Waals surface area contributed by atoms with Crippen LogP contribution in [0.5, 0.6) is 0 Å². The van der Waals surface area contributed by atoms with Crippen LogP contribution in [0.25, 0.3) is 0 Å². The minimum absolute atomic E-state index is 0.211. The lowest BCUT2D eigenvalue weighted by molar-refractivity contribution is -0.114. The van der Waals surface area contributed by atoms with Crippen molar-refractivity contribution in [2.75, 3.05) is 10.6 Å². The highest BCUT2D eigenvalue weighted by Gasteiger charge is 2.46. The summed E-state index contributed by atoms with van der Waals surface area (Å²) in [6.07, 6.45) is 0. The van der Waals surface area contributed by atoms with E-state index in [0.29, 0.717) is 17.1 Å². The summed E-state index contributed by atoms with van der Waals surface area (Å²) in [6.45, 7) is 1.38. The summed E-state index contributed by atoms with van der Waals surface area (Å²) in [7, 11) is -5.35. The predicted molar refractivity (Wildman–Crippen MR) is 83.7 cm³/mol. The summed E-state index contributed by atoms with van der Waals surface area (Å²) in [5, 5.41) is 5.51. The number of alkyl halides is 3. The third-order valence-corrected chi connectivity index (χ3v) is 4.47. The molecule has 9 heteroatoms. The van der Waals surface area contributed by atoms with Gasteiger partial charge < -0.3 is 10.6 Å². The Morgan fingerprint density at radius 2 is 1.29 bits per heavy atom. The number of hydrogen-bond donors (Lipinski definition) is 2. The molecule has 0 heterocycles. The molecule has 0 unspecified atom stereocenters. The van der Waals surface area contributed by atoms with Crippen molar-refractivity contribution in [1.29, 1.82) is 0 Å². The molecule has 0 aliphatic heterocycles. The summed E-state index contributed by atoms with van der Waals surface area (Å²) < 4.78 is 59.9. The van der Waals surface area contributed by atoms with Crippen molar-refractivity contribution in [3.05, 3.63) is 48.5 Å². The van der Waals surface area contributed by atoms with E-state index in [1.54, 1.807) is 24.3 Å². The number of hydrogen-bond acceptors (Lipinski definition) is 4. The Balaban J connectivity index is 2.13. The normalized spacial score (nSPS) is 11.8. The van der Waals surface area contributed by atoms with E-state index in [1.807, 2.05) is 0 Å². The summed E-state index contributed by atoms with van der Waals surface area (Å²) in [4.78, 5) is 10.1. The maximum Gasteiger partial charge on any atom is 0.501 e. The van der Waals surface area contributed by atoms with Crippen molar-refractivity contribution in [3.63, 3.8) is 0 Å². The third-order valence-electron chi connectivity index (χ3n) is 2.96. The number of amides is 1. The molecule has 0 fully saturated rings. The average Bonchev–Trinajstić information content (AvgIpc) is 2.48. The van der Waals surface area contributed by atoms with E-state index in [-0.39, 0.29) is 5.91 Å². The fourth-order valence-corrected chi connectivity index (χ4v) is 2.62. The van der Waals surface area contributed by atoms with Gasteiger partial charge in [-0.25, -0.2) is 8.42 Å². The van der Waals surface area contributed by atoms with Gasteiger partial charge in [-0.3, -0.25) is 4.79 Å². The number of benzene rings is 2. The Kier molecular flexibility index (Phi) is 4.83. The van der Waals surface area contributed by atoms with Gasteiger partial charge in [0.25, 0.3) is 9.84 Å². The van der Waals surface area contributed by atoms with Gasteiger partial charge in [-0.1, -0.05) is 0 Å². The smallest absolute Gasteiger partial charge is 0.356 e. The van der Waals surface area contributed by atoms with Crippen LogP contribution in [-0.4, -0.2) is 19.8 Å². The second-order valence-electron chi connectivity index (χ2n) is 4.86. The highest BCUT2D eigenvalue weighted by molar-refractivity contribution is 7.92. The van der Waals surface area contributed by atoms with Crippen LogP contribution < -0.4 is 10.6 Å². The lowest BCUT2D eigenvalue weighted by Crippen LogP contribution is -2.23. The first-order chi connectivity index (χ1) is 11.1. The van der Waals surface area contributed by atoms with Crippen molar-refractivity contribution in [2.24, 2.45) is 0 Å². The third kappa shape index (κ3) is 4.05. The van der Waals surface area contributed by atoms with Gasteiger partial charge in [0.05, 0.1) is 4.90 Å². The van der Waals surface area contributed by atoms with Gasteiger partial charge >= 0.3 is 5.51 Å². The molecule has 0 saturated carbocycles. The van der Waals surface area contributed by atoms with Crippen molar-refractivity contribution in [2.45, 2.75) is 17.3 Å². The van der Waals surface area contributed by atoms with Gasteiger partial charge in [0, 0.05) is 24.0 Å². The average molecular weight is 358 g/mol. The first-order valence-corrected chi connectivity index (χ1v) is 8.14. The van der Waals surface area contributed by atoms with E-state index in [1.165, 1.54) is 19.1 Å². The Labute approximate surface area is 136 Å². The molecule has 0 atom stereocenters. The van der Waals surface area contributed by atoms with Crippen LogP contribution in [0.2, 0.25) is 0 Å². The van der Waals surface area contributed by atoms with Crippen LogP contribution in [0.1, 0.15) is 6.92 Å². The topological polar surface area (TPSA) is 75.3 Å². The van der Waals surface area contributed by atoms with Crippen molar-refractivity contribution < 1.29 is 26.4 Å². The zero-order valence-corrected chi connectivity index (χ0v) is 13.2. The molecule has 2 aromatic rings. The van der Waals surface area contributed by atoms with Crippen LogP contribution in [0.3, 0.4) is 0 Å². The molecule has 0 aliphatic rings. The maximum absolute atomic E-state index is 12.5. The summed E-state index contributed by atoms with van der Waals surface area (Å²) >= 11 is 0.